The molecular formula is C13H13NS2. The molecule has 1 heterocycles. The monoisotopic (exact) mass is 247 g/mol. The molecular weight excluding hydrogens is 234 g/mol. The molecule has 1 nitrogen and oxygen atoms in total. The van der Waals surface area contributed by atoms with Gasteiger partial charge in [0.05, 0.1) is 0 Å². The molecule has 1 aromatic heterocycles. The topological polar surface area (TPSA) is 12.9 Å². The first-order valence-electron chi connectivity index (χ1n) is 5.06. The first-order valence-corrected chi connectivity index (χ1v) is 7.27. The summed E-state index contributed by atoms with van der Waals surface area (Å²) in [5.41, 5.74) is 1.34. The highest BCUT2D eigenvalue weighted by atomic mass is 32.2. The number of hydrogen-bond acceptors (Lipinski definition) is 3. The largest absolute Gasteiger partial charge is 0.249 e. The van der Waals surface area contributed by atoms with E-state index in [1.165, 1.54) is 10.5 Å². The highest BCUT2D eigenvalue weighted by Crippen LogP contribution is 2.29. The van der Waals surface area contributed by atoms with E-state index in [0.717, 1.165) is 10.8 Å². The lowest BCUT2D eigenvalue weighted by molar-refractivity contribution is 1.03. The van der Waals surface area contributed by atoms with Crippen molar-refractivity contribution in [3.63, 3.8) is 0 Å². The smallest absolute Gasteiger partial charge is 0.110 e. The van der Waals surface area contributed by atoms with Crippen LogP contribution in [0.1, 0.15) is 5.56 Å². The molecule has 0 radical (unpaired) electrons. The van der Waals surface area contributed by atoms with E-state index in [9.17, 15) is 0 Å². The van der Waals surface area contributed by atoms with Crippen LogP contribution < -0.4 is 0 Å². The average molecular weight is 247 g/mol. The molecule has 0 atom stereocenters. The molecule has 1 aromatic carbocycles. The van der Waals surface area contributed by atoms with Crippen molar-refractivity contribution >= 4 is 23.5 Å². The SMILES string of the molecule is CSc1cccnc1SCc1ccccc1. The minimum atomic E-state index is 0.978. The van der Waals surface area contributed by atoms with Gasteiger partial charge in [-0.2, -0.15) is 0 Å². The van der Waals surface area contributed by atoms with Crippen LogP contribution in [0.4, 0.5) is 0 Å². The number of thioether (sulfide) groups is 2. The molecule has 0 aliphatic rings. The fourth-order valence-corrected chi connectivity index (χ4v) is 3.08. The van der Waals surface area contributed by atoms with E-state index in [1.54, 1.807) is 23.5 Å². The second kappa shape index (κ2) is 5.97. The van der Waals surface area contributed by atoms with Crippen LogP contribution in [0.2, 0.25) is 0 Å². The first kappa shape index (κ1) is 11.6. The molecule has 0 spiro atoms. The number of hydrogen-bond donors (Lipinski definition) is 0. The maximum atomic E-state index is 4.41. The fraction of sp³-hybridized carbons (Fsp3) is 0.154. The van der Waals surface area contributed by atoms with Gasteiger partial charge in [0.1, 0.15) is 5.03 Å². The Hall–Kier alpha value is -0.930. The minimum Gasteiger partial charge on any atom is -0.249 e. The van der Waals surface area contributed by atoms with E-state index in [-0.39, 0.29) is 0 Å². The second-order valence-corrected chi connectivity index (χ2v) is 5.10. The molecule has 82 valence electrons. The molecule has 0 aliphatic carbocycles. The third kappa shape index (κ3) is 3.03. The van der Waals surface area contributed by atoms with E-state index in [1.807, 2.05) is 18.3 Å². The van der Waals surface area contributed by atoms with Crippen LogP contribution in [0, 0.1) is 0 Å². The van der Waals surface area contributed by atoms with E-state index >= 15 is 0 Å². The molecule has 0 amide bonds. The summed E-state index contributed by atoms with van der Waals surface area (Å²) in [4.78, 5) is 5.66. The van der Waals surface area contributed by atoms with Gasteiger partial charge in [-0.1, -0.05) is 30.3 Å². The van der Waals surface area contributed by atoms with Gasteiger partial charge in [-0.15, -0.1) is 23.5 Å². The Balaban J connectivity index is 2.05. The first-order chi connectivity index (χ1) is 7.90. The van der Waals surface area contributed by atoms with Crippen molar-refractivity contribution in [1.29, 1.82) is 0 Å². The summed E-state index contributed by atoms with van der Waals surface area (Å²) in [5, 5.41) is 1.12. The Kier molecular flexibility index (Phi) is 4.31. The van der Waals surface area contributed by atoms with Crippen LogP contribution in [0.25, 0.3) is 0 Å². The van der Waals surface area contributed by atoms with Gasteiger partial charge in [-0.3, -0.25) is 0 Å². The van der Waals surface area contributed by atoms with Crippen LogP contribution in [0.3, 0.4) is 0 Å². The lowest BCUT2D eigenvalue weighted by Crippen LogP contribution is -1.85. The molecule has 3 heteroatoms. The number of rotatable bonds is 4. The summed E-state index contributed by atoms with van der Waals surface area (Å²) in [5.74, 6) is 0.978. The molecule has 0 saturated heterocycles. The zero-order valence-corrected chi connectivity index (χ0v) is 10.7. The molecule has 0 unspecified atom stereocenters. The van der Waals surface area contributed by atoms with Gasteiger partial charge in [-0.05, 0) is 24.0 Å². The Morgan fingerprint density at radius 3 is 2.62 bits per heavy atom. The molecule has 0 N–H and O–H groups in total. The van der Waals surface area contributed by atoms with Crippen LogP contribution in [-0.4, -0.2) is 11.2 Å². The normalized spacial score (nSPS) is 10.3. The predicted molar refractivity (Wildman–Crippen MR) is 72.0 cm³/mol. The molecule has 0 aliphatic heterocycles. The summed E-state index contributed by atoms with van der Waals surface area (Å²) in [6.45, 7) is 0. The summed E-state index contributed by atoms with van der Waals surface area (Å²) in [7, 11) is 0. The van der Waals surface area contributed by atoms with E-state index in [0.29, 0.717) is 0 Å². The van der Waals surface area contributed by atoms with Crippen molar-refractivity contribution in [2.24, 2.45) is 0 Å². The van der Waals surface area contributed by atoms with Crippen LogP contribution >= 0.6 is 23.5 Å². The number of benzene rings is 1. The zero-order chi connectivity index (χ0) is 11.2. The quantitative estimate of drug-likeness (QED) is 0.755. The van der Waals surface area contributed by atoms with Crippen LogP contribution in [0.5, 0.6) is 0 Å². The average Bonchev–Trinajstić information content (AvgIpc) is 2.38. The highest BCUT2D eigenvalue weighted by molar-refractivity contribution is 8.01. The van der Waals surface area contributed by atoms with Crippen molar-refractivity contribution in [3.8, 4) is 0 Å². The summed E-state index contributed by atoms with van der Waals surface area (Å²) < 4.78 is 0. The minimum absolute atomic E-state index is 0.978. The lowest BCUT2D eigenvalue weighted by atomic mass is 10.2. The maximum Gasteiger partial charge on any atom is 0.110 e. The van der Waals surface area contributed by atoms with Gasteiger partial charge in [0.15, 0.2) is 0 Å². The van der Waals surface area contributed by atoms with Crippen LogP contribution in [-0.2, 0) is 5.75 Å². The summed E-state index contributed by atoms with van der Waals surface area (Å²) in [6, 6.07) is 14.6. The fourth-order valence-electron chi connectivity index (χ4n) is 1.37. The van der Waals surface area contributed by atoms with Crippen molar-refractivity contribution in [3.05, 3.63) is 54.2 Å². The number of pyridine rings is 1. The van der Waals surface area contributed by atoms with Gasteiger partial charge >= 0.3 is 0 Å². The highest BCUT2D eigenvalue weighted by Gasteiger charge is 2.02. The third-order valence-corrected chi connectivity index (χ3v) is 4.15. The Morgan fingerprint density at radius 1 is 1.06 bits per heavy atom. The molecule has 16 heavy (non-hydrogen) atoms. The number of nitrogens with zero attached hydrogens (tertiary/aromatic N) is 1. The molecule has 2 rings (SSSR count). The van der Waals surface area contributed by atoms with E-state index in [4.69, 9.17) is 0 Å². The predicted octanol–water partition coefficient (Wildman–Crippen LogP) is 4.10. The van der Waals surface area contributed by atoms with Gasteiger partial charge in [-0.25, -0.2) is 4.98 Å². The van der Waals surface area contributed by atoms with Crippen molar-refractivity contribution in [1.82, 2.24) is 4.98 Å². The van der Waals surface area contributed by atoms with Crippen LogP contribution in [0.15, 0.2) is 58.6 Å². The van der Waals surface area contributed by atoms with Crippen molar-refractivity contribution in [2.45, 2.75) is 15.7 Å². The Labute approximate surface area is 105 Å². The molecule has 2 aromatic rings. The zero-order valence-electron chi connectivity index (χ0n) is 9.09. The second-order valence-electron chi connectivity index (χ2n) is 3.29. The van der Waals surface area contributed by atoms with Gasteiger partial charge in [0.25, 0.3) is 0 Å². The lowest BCUT2D eigenvalue weighted by Gasteiger charge is -2.05. The maximum absolute atomic E-state index is 4.41. The van der Waals surface area contributed by atoms with Gasteiger partial charge in [0, 0.05) is 16.8 Å². The summed E-state index contributed by atoms with van der Waals surface area (Å²) >= 11 is 3.54. The Morgan fingerprint density at radius 2 is 1.88 bits per heavy atom. The molecule has 0 saturated carbocycles. The Bertz CT molecular complexity index is 443. The van der Waals surface area contributed by atoms with Gasteiger partial charge in [0.2, 0.25) is 0 Å². The molecule has 0 fully saturated rings. The number of aromatic nitrogens is 1. The van der Waals surface area contributed by atoms with Crippen molar-refractivity contribution < 1.29 is 0 Å². The third-order valence-electron chi connectivity index (χ3n) is 2.17. The standard InChI is InChI=1S/C13H13NS2/c1-15-12-8-5-9-14-13(12)16-10-11-6-3-2-4-7-11/h2-9H,10H2,1H3. The van der Waals surface area contributed by atoms with Gasteiger partial charge < -0.3 is 0 Å². The molecule has 0 bridgehead atoms. The van der Waals surface area contributed by atoms with E-state index in [2.05, 4.69) is 41.6 Å². The van der Waals surface area contributed by atoms with Crippen molar-refractivity contribution in [2.75, 3.05) is 6.26 Å². The van der Waals surface area contributed by atoms with E-state index < -0.39 is 0 Å². The summed E-state index contributed by atoms with van der Waals surface area (Å²) in [6.07, 6.45) is 3.94.